The molecule has 104 valence electrons. The molecule has 0 spiro atoms. The van der Waals surface area contributed by atoms with Crippen LogP contribution in [0.2, 0.25) is 0 Å². The van der Waals surface area contributed by atoms with Crippen molar-refractivity contribution in [3.63, 3.8) is 0 Å². The lowest BCUT2D eigenvalue weighted by molar-refractivity contribution is 0.0949. The minimum Gasteiger partial charge on any atom is -0.352 e. The number of rotatable bonds is 4. The molecule has 0 bridgehead atoms. The minimum atomic E-state index is -1.18. The van der Waals surface area contributed by atoms with E-state index >= 15 is 0 Å². The van der Waals surface area contributed by atoms with Crippen LogP contribution in [0.4, 0.5) is 13.2 Å². The number of carbonyl (C=O) groups is 1. The smallest absolute Gasteiger partial charge is 0.254 e. The molecule has 0 saturated heterocycles. The predicted molar refractivity (Wildman–Crippen MR) is 68.8 cm³/mol. The Morgan fingerprint density at radius 2 is 1.65 bits per heavy atom. The van der Waals surface area contributed by atoms with Crippen molar-refractivity contribution >= 4 is 5.91 Å². The van der Waals surface area contributed by atoms with E-state index in [0.717, 1.165) is 6.07 Å². The number of halogens is 3. The zero-order valence-corrected chi connectivity index (χ0v) is 10.5. The van der Waals surface area contributed by atoms with Gasteiger partial charge in [0.25, 0.3) is 5.91 Å². The molecule has 0 aliphatic rings. The van der Waals surface area contributed by atoms with Crippen LogP contribution in [0.15, 0.2) is 42.5 Å². The van der Waals surface area contributed by atoms with E-state index in [0.29, 0.717) is 5.56 Å². The van der Waals surface area contributed by atoms with E-state index in [1.54, 1.807) is 18.2 Å². The predicted octanol–water partition coefficient (Wildman–Crippen LogP) is 3.08. The van der Waals surface area contributed by atoms with Crippen LogP contribution < -0.4 is 5.32 Å². The Morgan fingerprint density at radius 3 is 2.40 bits per heavy atom. The lowest BCUT2D eigenvalue weighted by Crippen LogP contribution is -2.27. The molecule has 2 aromatic carbocycles. The summed E-state index contributed by atoms with van der Waals surface area (Å²) in [6.45, 7) is 0.135. The van der Waals surface area contributed by atoms with Gasteiger partial charge in [0, 0.05) is 6.54 Å². The molecule has 2 rings (SSSR count). The van der Waals surface area contributed by atoms with Gasteiger partial charge in [-0.25, -0.2) is 13.2 Å². The first-order valence-electron chi connectivity index (χ1n) is 6.05. The number of carbonyl (C=O) groups excluding carboxylic acids is 1. The third-order valence-electron chi connectivity index (χ3n) is 2.83. The topological polar surface area (TPSA) is 29.1 Å². The molecule has 5 heteroatoms. The maximum absolute atomic E-state index is 13.4. The van der Waals surface area contributed by atoms with Crippen LogP contribution in [0.3, 0.4) is 0 Å². The summed E-state index contributed by atoms with van der Waals surface area (Å²) in [6.07, 6.45) is 0.273. The van der Waals surface area contributed by atoms with Crippen LogP contribution in [-0.4, -0.2) is 12.5 Å². The minimum absolute atomic E-state index is 0.135. The lowest BCUT2D eigenvalue weighted by atomic mass is 10.1. The average Bonchev–Trinajstić information content (AvgIpc) is 2.44. The van der Waals surface area contributed by atoms with Gasteiger partial charge in [0.2, 0.25) is 0 Å². The third kappa shape index (κ3) is 3.17. The van der Waals surface area contributed by atoms with Gasteiger partial charge in [-0.2, -0.15) is 0 Å². The Kier molecular flexibility index (Phi) is 4.40. The van der Waals surface area contributed by atoms with E-state index in [9.17, 15) is 18.0 Å². The lowest BCUT2D eigenvalue weighted by Gasteiger charge is -2.07. The molecule has 1 N–H and O–H groups in total. The standard InChI is InChI=1S/C15H12F3NO/c16-12-6-2-1-4-10(12)8-9-19-15(20)11-5-3-7-13(17)14(11)18/h1-7H,8-9H2,(H,19,20). The fraction of sp³-hybridized carbons (Fsp3) is 0.133. The zero-order chi connectivity index (χ0) is 14.5. The molecule has 0 aliphatic carbocycles. The summed E-state index contributed by atoms with van der Waals surface area (Å²) in [4.78, 5) is 11.7. The van der Waals surface area contributed by atoms with Crippen LogP contribution in [0, 0.1) is 17.5 Å². The van der Waals surface area contributed by atoms with Gasteiger partial charge >= 0.3 is 0 Å². The van der Waals surface area contributed by atoms with Gasteiger partial charge in [0.05, 0.1) is 5.56 Å². The Balaban J connectivity index is 1.96. The maximum Gasteiger partial charge on any atom is 0.254 e. The summed E-state index contributed by atoms with van der Waals surface area (Å²) in [5, 5.41) is 2.43. The third-order valence-corrected chi connectivity index (χ3v) is 2.83. The molecule has 0 saturated carbocycles. The van der Waals surface area contributed by atoms with Gasteiger partial charge in [0.1, 0.15) is 5.82 Å². The first-order chi connectivity index (χ1) is 9.59. The molecule has 2 aromatic rings. The number of nitrogens with one attached hydrogen (secondary N) is 1. The van der Waals surface area contributed by atoms with Crippen molar-refractivity contribution in [3.8, 4) is 0 Å². The summed E-state index contributed by atoms with van der Waals surface area (Å²) < 4.78 is 39.7. The van der Waals surface area contributed by atoms with Crippen molar-refractivity contribution in [1.82, 2.24) is 5.32 Å². The van der Waals surface area contributed by atoms with Crippen LogP contribution in [0.5, 0.6) is 0 Å². The Labute approximate surface area is 114 Å². The SMILES string of the molecule is O=C(NCCc1ccccc1F)c1cccc(F)c1F. The number of hydrogen-bond acceptors (Lipinski definition) is 1. The van der Waals surface area contributed by atoms with Gasteiger partial charge in [-0.3, -0.25) is 4.79 Å². The van der Waals surface area contributed by atoms with E-state index in [1.165, 1.54) is 18.2 Å². The second kappa shape index (κ2) is 6.23. The average molecular weight is 279 g/mol. The van der Waals surface area contributed by atoms with Crippen molar-refractivity contribution in [1.29, 1.82) is 0 Å². The first kappa shape index (κ1) is 14.1. The molecule has 0 aromatic heterocycles. The summed E-state index contributed by atoms with van der Waals surface area (Å²) in [6, 6.07) is 9.56. The van der Waals surface area contributed by atoms with Gasteiger partial charge < -0.3 is 5.32 Å². The zero-order valence-electron chi connectivity index (χ0n) is 10.5. The monoisotopic (exact) mass is 279 g/mol. The van der Waals surface area contributed by atoms with Gasteiger partial charge in [-0.05, 0) is 30.2 Å². The van der Waals surface area contributed by atoms with Crippen molar-refractivity contribution in [2.75, 3.05) is 6.54 Å². The second-order valence-corrected chi connectivity index (χ2v) is 4.20. The molecule has 0 aliphatic heterocycles. The van der Waals surface area contributed by atoms with Gasteiger partial charge in [0.15, 0.2) is 11.6 Å². The molecule has 0 unspecified atom stereocenters. The van der Waals surface area contributed by atoms with E-state index in [2.05, 4.69) is 5.32 Å². The quantitative estimate of drug-likeness (QED) is 0.915. The molecule has 2 nitrogen and oxygen atoms in total. The van der Waals surface area contributed by atoms with Crippen molar-refractivity contribution in [2.45, 2.75) is 6.42 Å². The Hall–Kier alpha value is -2.30. The van der Waals surface area contributed by atoms with Gasteiger partial charge in [-0.15, -0.1) is 0 Å². The molecular weight excluding hydrogens is 267 g/mol. The Bertz CT molecular complexity index is 628. The highest BCUT2D eigenvalue weighted by atomic mass is 19.2. The van der Waals surface area contributed by atoms with E-state index in [4.69, 9.17) is 0 Å². The fourth-order valence-corrected chi connectivity index (χ4v) is 1.79. The summed E-state index contributed by atoms with van der Waals surface area (Å²) >= 11 is 0. The largest absolute Gasteiger partial charge is 0.352 e. The van der Waals surface area contributed by atoms with Crippen LogP contribution in [0.1, 0.15) is 15.9 Å². The Morgan fingerprint density at radius 1 is 0.950 bits per heavy atom. The highest BCUT2D eigenvalue weighted by Gasteiger charge is 2.14. The molecule has 1 amide bonds. The molecule has 0 radical (unpaired) electrons. The molecule has 20 heavy (non-hydrogen) atoms. The summed E-state index contributed by atoms with van der Waals surface area (Å²) in [7, 11) is 0. The first-order valence-corrected chi connectivity index (χ1v) is 6.05. The summed E-state index contributed by atoms with van der Waals surface area (Å²) in [5.74, 6) is -3.35. The molecule has 0 fully saturated rings. The fourth-order valence-electron chi connectivity index (χ4n) is 1.79. The second-order valence-electron chi connectivity index (χ2n) is 4.20. The van der Waals surface area contributed by atoms with Crippen LogP contribution in [-0.2, 0) is 6.42 Å². The van der Waals surface area contributed by atoms with E-state index in [1.807, 2.05) is 0 Å². The maximum atomic E-state index is 13.4. The van der Waals surface area contributed by atoms with Crippen molar-refractivity contribution in [2.24, 2.45) is 0 Å². The normalized spacial score (nSPS) is 10.3. The highest BCUT2D eigenvalue weighted by Crippen LogP contribution is 2.11. The van der Waals surface area contributed by atoms with E-state index in [-0.39, 0.29) is 24.3 Å². The van der Waals surface area contributed by atoms with Crippen LogP contribution >= 0.6 is 0 Å². The van der Waals surface area contributed by atoms with E-state index < -0.39 is 17.5 Å². The highest BCUT2D eigenvalue weighted by molar-refractivity contribution is 5.94. The molecule has 0 heterocycles. The van der Waals surface area contributed by atoms with Crippen LogP contribution in [0.25, 0.3) is 0 Å². The summed E-state index contributed by atoms with van der Waals surface area (Å²) in [5.41, 5.74) is 0.0889. The number of hydrogen-bond donors (Lipinski definition) is 1. The number of benzene rings is 2. The van der Waals surface area contributed by atoms with Crippen molar-refractivity contribution in [3.05, 3.63) is 71.0 Å². The van der Waals surface area contributed by atoms with Gasteiger partial charge in [-0.1, -0.05) is 24.3 Å². The molecule has 0 atom stereocenters. The van der Waals surface area contributed by atoms with Crippen molar-refractivity contribution < 1.29 is 18.0 Å². The molecular formula is C15H12F3NO. The number of amides is 1.